The van der Waals surface area contributed by atoms with Crippen LogP contribution in [0, 0.1) is 0 Å². The predicted molar refractivity (Wildman–Crippen MR) is 109 cm³/mol. The summed E-state index contributed by atoms with van der Waals surface area (Å²) in [5.41, 5.74) is 3.64. The molecule has 5 rings (SSSR count). The quantitative estimate of drug-likeness (QED) is 0.458. The van der Waals surface area contributed by atoms with Crippen LogP contribution in [-0.2, 0) is 6.61 Å². The standard InChI is InChI=1S/C22H17N5O2/c1-28-17-5-6-18-19(11-17)24-10-8-20(18)29-14-22-26-25-21-7-4-16(13-27(21)22)15-3-2-9-23-12-15/h2-13H,14H2,1H3. The maximum absolute atomic E-state index is 6.07. The summed E-state index contributed by atoms with van der Waals surface area (Å²) in [7, 11) is 1.64. The second-order valence-corrected chi connectivity index (χ2v) is 6.48. The van der Waals surface area contributed by atoms with E-state index in [1.54, 1.807) is 19.5 Å². The van der Waals surface area contributed by atoms with Crippen molar-refractivity contribution in [2.45, 2.75) is 6.61 Å². The molecule has 0 N–H and O–H groups in total. The summed E-state index contributed by atoms with van der Waals surface area (Å²) in [6.45, 7) is 0.281. The lowest BCUT2D eigenvalue weighted by atomic mass is 10.1. The Balaban J connectivity index is 1.46. The summed E-state index contributed by atoms with van der Waals surface area (Å²) >= 11 is 0. The zero-order valence-electron chi connectivity index (χ0n) is 15.7. The molecule has 0 spiro atoms. The number of pyridine rings is 3. The number of benzene rings is 1. The van der Waals surface area contributed by atoms with Gasteiger partial charge >= 0.3 is 0 Å². The molecule has 0 aliphatic heterocycles. The zero-order chi connectivity index (χ0) is 19.6. The smallest absolute Gasteiger partial charge is 0.175 e. The SMILES string of the molecule is COc1ccc2c(OCc3nnc4ccc(-c5cccnc5)cn34)ccnc2c1. The van der Waals surface area contributed by atoms with E-state index in [0.29, 0.717) is 5.82 Å². The highest BCUT2D eigenvalue weighted by molar-refractivity contribution is 5.85. The van der Waals surface area contributed by atoms with Crippen LogP contribution in [0.2, 0.25) is 0 Å². The van der Waals surface area contributed by atoms with E-state index >= 15 is 0 Å². The Morgan fingerprint density at radius 1 is 0.966 bits per heavy atom. The van der Waals surface area contributed by atoms with Gasteiger partial charge in [0, 0.05) is 47.4 Å². The fourth-order valence-electron chi connectivity index (χ4n) is 3.24. The highest BCUT2D eigenvalue weighted by Gasteiger charge is 2.10. The lowest BCUT2D eigenvalue weighted by Gasteiger charge is -2.09. The lowest BCUT2D eigenvalue weighted by Crippen LogP contribution is -2.02. The van der Waals surface area contributed by atoms with Crippen molar-refractivity contribution in [3.05, 3.63) is 79.1 Å². The van der Waals surface area contributed by atoms with Crippen LogP contribution >= 0.6 is 0 Å². The second-order valence-electron chi connectivity index (χ2n) is 6.48. The van der Waals surface area contributed by atoms with Gasteiger partial charge in [0.2, 0.25) is 0 Å². The van der Waals surface area contributed by atoms with Crippen molar-refractivity contribution in [2.24, 2.45) is 0 Å². The maximum atomic E-state index is 6.07. The molecule has 7 nitrogen and oxygen atoms in total. The van der Waals surface area contributed by atoms with Crippen molar-refractivity contribution in [1.29, 1.82) is 0 Å². The van der Waals surface area contributed by atoms with Gasteiger partial charge in [-0.2, -0.15) is 0 Å². The molecular formula is C22H17N5O2. The molecule has 7 heteroatoms. The fraction of sp³-hybridized carbons (Fsp3) is 0.0909. The zero-order valence-corrected chi connectivity index (χ0v) is 15.7. The predicted octanol–water partition coefficient (Wildman–Crippen LogP) is 3.93. The summed E-state index contributed by atoms with van der Waals surface area (Å²) in [5.74, 6) is 2.20. The van der Waals surface area contributed by atoms with Gasteiger partial charge in [0.15, 0.2) is 11.5 Å². The van der Waals surface area contributed by atoms with Crippen molar-refractivity contribution in [3.63, 3.8) is 0 Å². The number of hydrogen-bond acceptors (Lipinski definition) is 6. The molecule has 0 atom stereocenters. The molecule has 0 saturated carbocycles. The van der Waals surface area contributed by atoms with Crippen molar-refractivity contribution in [1.82, 2.24) is 24.6 Å². The average molecular weight is 383 g/mol. The third-order valence-corrected chi connectivity index (χ3v) is 4.73. The largest absolute Gasteiger partial charge is 0.497 e. The number of hydrogen-bond donors (Lipinski definition) is 0. The van der Waals surface area contributed by atoms with Gasteiger partial charge in [-0.3, -0.25) is 14.4 Å². The van der Waals surface area contributed by atoms with Gasteiger partial charge in [0.25, 0.3) is 0 Å². The Morgan fingerprint density at radius 3 is 2.79 bits per heavy atom. The number of aromatic nitrogens is 5. The van der Waals surface area contributed by atoms with Gasteiger partial charge in [-0.1, -0.05) is 6.07 Å². The normalized spacial score (nSPS) is 11.1. The Morgan fingerprint density at radius 2 is 1.93 bits per heavy atom. The summed E-state index contributed by atoms with van der Waals surface area (Å²) in [4.78, 5) is 8.58. The number of fused-ring (bicyclic) bond motifs is 2. The van der Waals surface area contributed by atoms with E-state index in [2.05, 4.69) is 20.2 Å². The minimum atomic E-state index is 0.281. The Labute approximate surface area is 166 Å². The molecule has 0 saturated heterocycles. The van der Waals surface area contributed by atoms with Crippen LogP contribution in [0.1, 0.15) is 5.82 Å². The summed E-state index contributed by atoms with van der Waals surface area (Å²) in [6.07, 6.45) is 7.31. The van der Waals surface area contributed by atoms with Gasteiger partial charge in [0.1, 0.15) is 18.1 Å². The molecule has 0 aliphatic rings. The van der Waals surface area contributed by atoms with E-state index in [1.165, 1.54) is 0 Å². The van der Waals surface area contributed by atoms with Crippen molar-refractivity contribution < 1.29 is 9.47 Å². The van der Waals surface area contributed by atoms with Gasteiger partial charge in [0.05, 0.1) is 12.6 Å². The van der Waals surface area contributed by atoms with Crippen LogP contribution < -0.4 is 9.47 Å². The molecule has 4 aromatic heterocycles. The Kier molecular flexibility index (Phi) is 4.25. The summed E-state index contributed by atoms with van der Waals surface area (Å²) in [5, 5.41) is 9.44. The molecule has 1 aromatic carbocycles. The van der Waals surface area contributed by atoms with E-state index in [9.17, 15) is 0 Å². The van der Waals surface area contributed by atoms with Crippen LogP contribution in [0.4, 0.5) is 0 Å². The van der Waals surface area contributed by atoms with Crippen LogP contribution in [0.25, 0.3) is 27.7 Å². The first kappa shape index (κ1) is 17.1. The molecule has 0 unspecified atom stereocenters. The van der Waals surface area contributed by atoms with E-state index in [-0.39, 0.29) is 6.61 Å². The number of methoxy groups -OCH3 is 1. The Hall–Kier alpha value is -4.00. The molecule has 0 fully saturated rings. The lowest BCUT2D eigenvalue weighted by molar-refractivity contribution is 0.298. The molecule has 0 amide bonds. The van der Waals surface area contributed by atoms with E-state index < -0.39 is 0 Å². The minimum absolute atomic E-state index is 0.281. The van der Waals surface area contributed by atoms with E-state index in [1.807, 2.05) is 65.3 Å². The number of nitrogens with zero attached hydrogens (tertiary/aromatic N) is 5. The van der Waals surface area contributed by atoms with Crippen LogP contribution in [0.15, 0.2) is 73.3 Å². The first-order chi connectivity index (χ1) is 14.3. The average Bonchev–Trinajstić information content (AvgIpc) is 3.20. The highest BCUT2D eigenvalue weighted by atomic mass is 16.5. The molecular weight excluding hydrogens is 366 g/mol. The molecule has 29 heavy (non-hydrogen) atoms. The van der Waals surface area contributed by atoms with Gasteiger partial charge in [-0.15, -0.1) is 10.2 Å². The van der Waals surface area contributed by atoms with Gasteiger partial charge in [-0.05, 0) is 36.4 Å². The van der Waals surface area contributed by atoms with Crippen LogP contribution in [0.5, 0.6) is 11.5 Å². The number of ether oxygens (including phenoxy) is 2. The first-order valence-electron chi connectivity index (χ1n) is 9.11. The van der Waals surface area contributed by atoms with Crippen LogP contribution in [-0.4, -0.2) is 31.7 Å². The maximum Gasteiger partial charge on any atom is 0.175 e. The summed E-state index contributed by atoms with van der Waals surface area (Å²) in [6, 6.07) is 15.4. The van der Waals surface area contributed by atoms with Gasteiger partial charge < -0.3 is 9.47 Å². The Bertz CT molecular complexity index is 1300. The first-order valence-corrected chi connectivity index (χ1v) is 9.11. The molecule has 0 bridgehead atoms. The highest BCUT2D eigenvalue weighted by Crippen LogP contribution is 2.28. The second kappa shape index (κ2) is 7.20. The molecule has 0 radical (unpaired) electrons. The third kappa shape index (κ3) is 3.23. The van der Waals surface area contributed by atoms with Crippen molar-refractivity contribution >= 4 is 16.6 Å². The number of rotatable bonds is 5. The fourth-order valence-corrected chi connectivity index (χ4v) is 3.24. The molecule has 5 aromatic rings. The molecule has 4 heterocycles. The van der Waals surface area contributed by atoms with Crippen molar-refractivity contribution in [3.8, 4) is 22.6 Å². The molecule has 0 aliphatic carbocycles. The summed E-state index contributed by atoms with van der Waals surface area (Å²) < 4.78 is 13.3. The van der Waals surface area contributed by atoms with Gasteiger partial charge in [-0.25, -0.2) is 0 Å². The minimum Gasteiger partial charge on any atom is -0.497 e. The molecule has 142 valence electrons. The van der Waals surface area contributed by atoms with E-state index in [4.69, 9.17) is 9.47 Å². The topological polar surface area (TPSA) is 74.4 Å². The van der Waals surface area contributed by atoms with E-state index in [0.717, 1.165) is 39.2 Å². The van der Waals surface area contributed by atoms with Crippen molar-refractivity contribution in [2.75, 3.05) is 7.11 Å². The third-order valence-electron chi connectivity index (χ3n) is 4.73. The van der Waals surface area contributed by atoms with Crippen LogP contribution in [0.3, 0.4) is 0 Å². The monoisotopic (exact) mass is 383 g/mol.